The molecule has 1 saturated heterocycles. The number of hydrogen-bond donors (Lipinski definition) is 1. The van der Waals surface area contributed by atoms with Crippen molar-refractivity contribution in [3.63, 3.8) is 0 Å². The molecule has 0 aliphatic carbocycles. The van der Waals surface area contributed by atoms with Gasteiger partial charge in [-0.25, -0.2) is 0 Å². The highest BCUT2D eigenvalue weighted by Crippen LogP contribution is 2.33. The van der Waals surface area contributed by atoms with E-state index in [1.54, 1.807) is 6.26 Å². The molecule has 7 nitrogen and oxygen atoms in total. The Morgan fingerprint density at radius 1 is 1.33 bits per heavy atom. The molecule has 0 bridgehead atoms. The van der Waals surface area contributed by atoms with Gasteiger partial charge in [-0.05, 0) is 37.8 Å². The van der Waals surface area contributed by atoms with E-state index in [0.29, 0.717) is 17.7 Å². The molecule has 0 aromatic carbocycles. The summed E-state index contributed by atoms with van der Waals surface area (Å²) in [5, 5.41) is 11.3. The maximum absolute atomic E-state index is 12.3. The van der Waals surface area contributed by atoms with Crippen molar-refractivity contribution in [2.24, 2.45) is 11.8 Å². The van der Waals surface area contributed by atoms with Crippen molar-refractivity contribution >= 4 is 5.91 Å². The molecule has 1 N–H and O–H groups in total. The van der Waals surface area contributed by atoms with E-state index >= 15 is 0 Å². The van der Waals surface area contributed by atoms with Gasteiger partial charge < -0.3 is 14.3 Å². The van der Waals surface area contributed by atoms with E-state index in [1.165, 1.54) is 0 Å². The van der Waals surface area contributed by atoms with Crippen LogP contribution in [0.15, 0.2) is 22.8 Å². The summed E-state index contributed by atoms with van der Waals surface area (Å²) in [6, 6.07) is 4.04. The van der Waals surface area contributed by atoms with Gasteiger partial charge in [0.2, 0.25) is 5.82 Å². The fourth-order valence-corrected chi connectivity index (χ4v) is 3.87. The SMILES string of the molecule is CC(C)NC(=O)c1nnc2n1C[C@@H]1CN(Cc3ccco3)C[C@H]1C2. The standard InChI is InChI=1S/C17H23N5O2/c1-11(2)18-17(23)16-20-19-15-6-12-7-21(8-13(12)9-22(15)16)10-14-4-3-5-24-14/h3-5,11-13H,6-10H2,1-2H3,(H,18,23)/t12-,13+/m1/s1. The lowest BCUT2D eigenvalue weighted by Crippen LogP contribution is -2.35. The van der Waals surface area contributed by atoms with Gasteiger partial charge in [0.25, 0.3) is 5.91 Å². The third-order valence-electron chi connectivity index (χ3n) is 4.92. The topological polar surface area (TPSA) is 76.2 Å². The Hall–Kier alpha value is -2.15. The van der Waals surface area contributed by atoms with Gasteiger partial charge in [-0.2, -0.15) is 0 Å². The van der Waals surface area contributed by atoms with Crippen LogP contribution in [0.5, 0.6) is 0 Å². The summed E-state index contributed by atoms with van der Waals surface area (Å²) in [6.45, 7) is 7.64. The first-order valence-electron chi connectivity index (χ1n) is 8.58. The summed E-state index contributed by atoms with van der Waals surface area (Å²) in [4.78, 5) is 14.7. The molecule has 2 aliphatic rings. The van der Waals surface area contributed by atoms with Crippen molar-refractivity contribution in [2.45, 2.75) is 39.4 Å². The van der Waals surface area contributed by atoms with Gasteiger partial charge in [-0.3, -0.25) is 9.69 Å². The fraction of sp³-hybridized carbons (Fsp3) is 0.588. The van der Waals surface area contributed by atoms with Crippen LogP contribution >= 0.6 is 0 Å². The minimum Gasteiger partial charge on any atom is -0.468 e. The van der Waals surface area contributed by atoms with Gasteiger partial charge in [0.1, 0.15) is 11.6 Å². The van der Waals surface area contributed by atoms with Crippen LogP contribution in [0, 0.1) is 11.8 Å². The van der Waals surface area contributed by atoms with Crippen LogP contribution in [0.2, 0.25) is 0 Å². The molecule has 0 radical (unpaired) electrons. The molecule has 0 saturated carbocycles. The number of nitrogens with zero attached hydrogens (tertiary/aromatic N) is 4. The molecule has 2 aromatic heterocycles. The maximum Gasteiger partial charge on any atom is 0.289 e. The van der Waals surface area contributed by atoms with E-state index in [4.69, 9.17) is 4.42 Å². The highest BCUT2D eigenvalue weighted by Gasteiger charge is 2.39. The number of carbonyl (C=O) groups is 1. The second kappa shape index (κ2) is 6.05. The summed E-state index contributed by atoms with van der Waals surface area (Å²) in [5.74, 6) is 3.37. The van der Waals surface area contributed by atoms with Crippen LogP contribution in [0.1, 0.15) is 36.1 Å². The van der Waals surface area contributed by atoms with E-state index < -0.39 is 0 Å². The minimum atomic E-state index is -0.132. The molecule has 2 atom stereocenters. The first kappa shape index (κ1) is 15.4. The lowest BCUT2D eigenvalue weighted by Gasteiger charge is -2.25. The quantitative estimate of drug-likeness (QED) is 0.915. The summed E-state index contributed by atoms with van der Waals surface area (Å²) < 4.78 is 7.47. The van der Waals surface area contributed by atoms with Crippen molar-refractivity contribution in [2.75, 3.05) is 13.1 Å². The number of rotatable bonds is 4. The minimum absolute atomic E-state index is 0.0945. The summed E-state index contributed by atoms with van der Waals surface area (Å²) in [7, 11) is 0. The highest BCUT2D eigenvalue weighted by atomic mass is 16.3. The third kappa shape index (κ3) is 2.84. The zero-order valence-corrected chi connectivity index (χ0v) is 14.1. The fourth-order valence-electron chi connectivity index (χ4n) is 3.87. The molecular weight excluding hydrogens is 306 g/mol. The second-order valence-corrected chi connectivity index (χ2v) is 7.18. The van der Waals surface area contributed by atoms with E-state index in [0.717, 1.165) is 44.2 Å². The molecule has 2 aliphatic heterocycles. The van der Waals surface area contributed by atoms with Gasteiger partial charge in [0.05, 0.1) is 12.8 Å². The average Bonchev–Trinajstić information content (AvgIpc) is 3.22. The van der Waals surface area contributed by atoms with Gasteiger partial charge >= 0.3 is 0 Å². The zero-order valence-electron chi connectivity index (χ0n) is 14.1. The summed E-state index contributed by atoms with van der Waals surface area (Å²) >= 11 is 0. The maximum atomic E-state index is 12.3. The van der Waals surface area contributed by atoms with Crippen LogP contribution in [0.4, 0.5) is 0 Å². The smallest absolute Gasteiger partial charge is 0.289 e. The second-order valence-electron chi connectivity index (χ2n) is 7.18. The lowest BCUT2D eigenvalue weighted by atomic mass is 9.89. The highest BCUT2D eigenvalue weighted by molar-refractivity contribution is 5.90. The molecule has 128 valence electrons. The zero-order chi connectivity index (χ0) is 16.7. The van der Waals surface area contributed by atoms with Crippen molar-refractivity contribution in [1.29, 1.82) is 0 Å². The van der Waals surface area contributed by atoms with Crippen molar-refractivity contribution in [3.05, 3.63) is 35.8 Å². The molecule has 0 spiro atoms. The summed E-state index contributed by atoms with van der Waals surface area (Å²) in [5.41, 5.74) is 0. The van der Waals surface area contributed by atoms with Gasteiger partial charge in [0, 0.05) is 32.1 Å². The number of amides is 1. The monoisotopic (exact) mass is 329 g/mol. The summed E-state index contributed by atoms with van der Waals surface area (Å²) in [6.07, 6.45) is 2.61. The number of nitrogens with one attached hydrogen (secondary N) is 1. The number of carbonyl (C=O) groups excluding carboxylic acids is 1. The van der Waals surface area contributed by atoms with Crippen LogP contribution < -0.4 is 5.32 Å². The molecule has 4 rings (SSSR count). The van der Waals surface area contributed by atoms with E-state index in [1.807, 2.05) is 30.5 Å². The predicted molar refractivity (Wildman–Crippen MR) is 87.3 cm³/mol. The predicted octanol–water partition coefficient (Wildman–Crippen LogP) is 1.31. The van der Waals surface area contributed by atoms with Crippen LogP contribution in [-0.4, -0.2) is 44.7 Å². The van der Waals surface area contributed by atoms with Crippen LogP contribution in [0.25, 0.3) is 0 Å². The molecule has 1 amide bonds. The van der Waals surface area contributed by atoms with Crippen molar-refractivity contribution in [1.82, 2.24) is 25.0 Å². The number of fused-ring (bicyclic) bond motifs is 2. The number of aromatic nitrogens is 3. The molecule has 4 heterocycles. The number of hydrogen-bond acceptors (Lipinski definition) is 5. The largest absolute Gasteiger partial charge is 0.468 e. The van der Waals surface area contributed by atoms with E-state index in [-0.39, 0.29) is 11.9 Å². The average molecular weight is 329 g/mol. The Morgan fingerprint density at radius 3 is 2.92 bits per heavy atom. The first-order chi connectivity index (χ1) is 11.6. The number of furan rings is 1. The van der Waals surface area contributed by atoms with Gasteiger partial charge in [-0.1, -0.05) is 0 Å². The third-order valence-corrected chi connectivity index (χ3v) is 4.92. The lowest BCUT2D eigenvalue weighted by molar-refractivity contribution is 0.0924. The molecule has 0 unspecified atom stereocenters. The first-order valence-corrected chi connectivity index (χ1v) is 8.58. The van der Waals surface area contributed by atoms with Crippen molar-refractivity contribution < 1.29 is 9.21 Å². The molecule has 1 fully saturated rings. The van der Waals surface area contributed by atoms with Crippen LogP contribution in [-0.2, 0) is 19.5 Å². The normalized spacial score (nSPS) is 23.3. The number of likely N-dealkylation sites (tertiary alicyclic amines) is 1. The molecule has 2 aromatic rings. The van der Waals surface area contributed by atoms with Crippen LogP contribution in [0.3, 0.4) is 0 Å². The molecule has 7 heteroatoms. The van der Waals surface area contributed by atoms with E-state index in [9.17, 15) is 4.79 Å². The Labute approximate surface area is 141 Å². The van der Waals surface area contributed by atoms with E-state index in [2.05, 4.69) is 20.4 Å². The molecule has 24 heavy (non-hydrogen) atoms. The molecular formula is C17H23N5O2. The van der Waals surface area contributed by atoms with Crippen molar-refractivity contribution in [3.8, 4) is 0 Å². The van der Waals surface area contributed by atoms with Gasteiger partial charge in [0.15, 0.2) is 0 Å². The Morgan fingerprint density at radius 2 is 2.17 bits per heavy atom. The Kier molecular flexibility index (Phi) is 3.88. The Bertz CT molecular complexity index is 721. The Balaban J connectivity index is 1.46. The van der Waals surface area contributed by atoms with Gasteiger partial charge in [-0.15, -0.1) is 10.2 Å².